The summed E-state index contributed by atoms with van der Waals surface area (Å²) in [5.41, 5.74) is 0.0243. The van der Waals surface area contributed by atoms with Gasteiger partial charge in [-0.3, -0.25) is 14.5 Å². The van der Waals surface area contributed by atoms with Crippen molar-refractivity contribution in [2.75, 3.05) is 23.7 Å². The van der Waals surface area contributed by atoms with Crippen LogP contribution >= 0.6 is 11.8 Å². The molecule has 0 bridgehead atoms. The molecule has 25 heavy (non-hydrogen) atoms. The van der Waals surface area contributed by atoms with Crippen molar-refractivity contribution in [1.29, 1.82) is 0 Å². The summed E-state index contributed by atoms with van der Waals surface area (Å²) in [6.45, 7) is 2.17. The standard InChI is InChI=1S/C18H21N3O3S/c1-18(12-7-8-12)16(23)21(17(24)19-18)11-15(22)20-9-4-10-25-14-6-3-2-5-13(14)20/h2-3,5-6,12H,4,7-11H2,1H3,(H,19,24)/t18-/m0/s1. The van der Waals surface area contributed by atoms with Gasteiger partial charge in [0.1, 0.15) is 12.1 Å². The zero-order valence-electron chi connectivity index (χ0n) is 14.2. The number of imide groups is 1. The molecule has 3 aliphatic rings. The number of carbonyl (C=O) groups excluding carboxylic acids is 3. The number of urea groups is 1. The van der Waals surface area contributed by atoms with E-state index in [0.717, 1.165) is 40.5 Å². The maximum Gasteiger partial charge on any atom is 0.325 e. The second kappa shape index (κ2) is 6.05. The molecule has 1 N–H and O–H groups in total. The van der Waals surface area contributed by atoms with Crippen molar-refractivity contribution in [1.82, 2.24) is 10.2 Å². The average Bonchev–Trinajstić information content (AvgIpc) is 3.42. The summed E-state index contributed by atoms with van der Waals surface area (Å²) in [7, 11) is 0. The lowest BCUT2D eigenvalue weighted by Gasteiger charge is -2.25. The summed E-state index contributed by atoms with van der Waals surface area (Å²) in [6, 6.07) is 7.33. The van der Waals surface area contributed by atoms with Gasteiger partial charge in [-0.05, 0) is 50.0 Å². The quantitative estimate of drug-likeness (QED) is 0.841. The van der Waals surface area contributed by atoms with Gasteiger partial charge in [-0.1, -0.05) is 12.1 Å². The highest BCUT2D eigenvalue weighted by Crippen LogP contribution is 2.42. The first-order chi connectivity index (χ1) is 12.0. The van der Waals surface area contributed by atoms with Gasteiger partial charge in [0.15, 0.2) is 0 Å². The topological polar surface area (TPSA) is 69.7 Å². The molecule has 132 valence electrons. The van der Waals surface area contributed by atoms with Gasteiger partial charge in [0.25, 0.3) is 5.91 Å². The Kier molecular flexibility index (Phi) is 3.98. The first-order valence-electron chi connectivity index (χ1n) is 8.67. The monoisotopic (exact) mass is 359 g/mol. The number of benzene rings is 1. The Morgan fingerprint density at radius 3 is 2.84 bits per heavy atom. The normalized spacial score (nSPS) is 26.3. The third-order valence-electron chi connectivity index (χ3n) is 5.23. The number of hydrogen-bond donors (Lipinski definition) is 1. The molecule has 2 fully saturated rings. The van der Waals surface area contributed by atoms with Crippen LogP contribution in [0.5, 0.6) is 0 Å². The van der Waals surface area contributed by atoms with Crippen LogP contribution in [0.25, 0.3) is 0 Å². The molecule has 4 amide bonds. The first kappa shape index (κ1) is 16.4. The molecule has 0 aromatic heterocycles. The number of anilines is 1. The SMILES string of the molecule is C[C@@]1(C2CC2)NC(=O)N(CC(=O)N2CCCSc3ccccc32)C1=O. The minimum Gasteiger partial charge on any atom is -0.323 e. The van der Waals surface area contributed by atoms with Crippen LogP contribution in [0.4, 0.5) is 10.5 Å². The molecule has 0 spiro atoms. The summed E-state index contributed by atoms with van der Waals surface area (Å²) in [5.74, 6) is 0.660. The van der Waals surface area contributed by atoms with Crippen molar-refractivity contribution in [3.05, 3.63) is 24.3 Å². The molecule has 1 atom stereocenters. The number of hydrogen-bond acceptors (Lipinski definition) is 4. The van der Waals surface area contributed by atoms with Crippen LogP contribution in [-0.4, -0.2) is 47.1 Å². The summed E-state index contributed by atoms with van der Waals surface area (Å²) in [4.78, 5) is 41.8. The smallest absolute Gasteiger partial charge is 0.323 e. The summed E-state index contributed by atoms with van der Waals surface area (Å²) >= 11 is 1.73. The van der Waals surface area contributed by atoms with E-state index in [4.69, 9.17) is 0 Å². The van der Waals surface area contributed by atoms with Gasteiger partial charge < -0.3 is 10.2 Å². The predicted molar refractivity (Wildman–Crippen MR) is 95.5 cm³/mol. The van der Waals surface area contributed by atoms with Crippen LogP contribution < -0.4 is 10.2 Å². The first-order valence-corrected chi connectivity index (χ1v) is 9.65. The van der Waals surface area contributed by atoms with E-state index in [2.05, 4.69) is 5.32 Å². The number of carbonyl (C=O) groups is 3. The fraction of sp³-hybridized carbons (Fsp3) is 0.500. The fourth-order valence-corrected chi connectivity index (χ4v) is 4.60. The summed E-state index contributed by atoms with van der Waals surface area (Å²) in [6.07, 6.45) is 2.77. The largest absolute Gasteiger partial charge is 0.325 e. The van der Waals surface area contributed by atoms with E-state index in [1.54, 1.807) is 23.6 Å². The van der Waals surface area contributed by atoms with Gasteiger partial charge in [-0.2, -0.15) is 0 Å². The molecule has 1 aromatic carbocycles. The molecule has 4 rings (SSSR count). The fourth-order valence-electron chi connectivity index (χ4n) is 3.60. The Labute approximate surface area is 150 Å². The highest BCUT2D eigenvalue weighted by atomic mass is 32.2. The Morgan fingerprint density at radius 2 is 2.08 bits per heavy atom. The van der Waals surface area contributed by atoms with Gasteiger partial charge in [0.05, 0.1) is 5.69 Å². The van der Waals surface area contributed by atoms with Crippen molar-refractivity contribution in [3.8, 4) is 0 Å². The van der Waals surface area contributed by atoms with Crippen LogP contribution in [0.1, 0.15) is 26.2 Å². The second-order valence-corrected chi connectivity index (χ2v) is 8.15. The van der Waals surface area contributed by atoms with Gasteiger partial charge in [-0.15, -0.1) is 11.8 Å². The minimum absolute atomic E-state index is 0.194. The van der Waals surface area contributed by atoms with E-state index in [1.165, 1.54) is 0 Å². The molecule has 1 saturated heterocycles. The van der Waals surface area contributed by atoms with E-state index >= 15 is 0 Å². The third kappa shape index (κ3) is 2.80. The number of para-hydroxylation sites is 1. The van der Waals surface area contributed by atoms with E-state index in [9.17, 15) is 14.4 Å². The van der Waals surface area contributed by atoms with Crippen LogP contribution in [-0.2, 0) is 9.59 Å². The molecule has 1 aliphatic carbocycles. The molecule has 0 unspecified atom stereocenters. The Morgan fingerprint density at radius 1 is 1.32 bits per heavy atom. The molecule has 1 saturated carbocycles. The lowest BCUT2D eigenvalue weighted by Crippen LogP contribution is -2.47. The van der Waals surface area contributed by atoms with E-state index in [1.807, 2.05) is 24.3 Å². The lowest BCUT2D eigenvalue weighted by atomic mass is 9.96. The average molecular weight is 359 g/mol. The molecule has 1 aromatic rings. The molecular weight excluding hydrogens is 338 g/mol. The number of nitrogens with zero attached hydrogens (tertiary/aromatic N) is 2. The van der Waals surface area contributed by atoms with E-state index in [0.29, 0.717) is 6.54 Å². The highest BCUT2D eigenvalue weighted by molar-refractivity contribution is 7.99. The summed E-state index contributed by atoms with van der Waals surface area (Å²) < 4.78 is 0. The summed E-state index contributed by atoms with van der Waals surface area (Å²) in [5, 5.41) is 2.79. The molecule has 7 heteroatoms. The van der Waals surface area contributed by atoms with Gasteiger partial charge in [0, 0.05) is 11.4 Å². The van der Waals surface area contributed by atoms with Crippen molar-refractivity contribution >= 4 is 35.3 Å². The van der Waals surface area contributed by atoms with Gasteiger partial charge in [0.2, 0.25) is 5.91 Å². The van der Waals surface area contributed by atoms with Crippen molar-refractivity contribution in [3.63, 3.8) is 0 Å². The minimum atomic E-state index is -0.843. The lowest BCUT2D eigenvalue weighted by molar-refractivity contribution is -0.134. The van der Waals surface area contributed by atoms with Gasteiger partial charge in [-0.25, -0.2) is 4.79 Å². The molecule has 0 radical (unpaired) electrons. The number of fused-ring (bicyclic) bond motifs is 1. The van der Waals surface area contributed by atoms with Crippen molar-refractivity contribution in [2.24, 2.45) is 5.92 Å². The molecule has 2 heterocycles. The molecular formula is C18H21N3O3S. The van der Waals surface area contributed by atoms with Crippen LogP contribution in [0.2, 0.25) is 0 Å². The van der Waals surface area contributed by atoms with E-state index < -0.39 is 11.6 Å². The maximum atomic E-state index is 12.9. The van der Waals surface area contributed by atoms with E-state index in [-0.39, 0.29) is 24.3 Å². The maximum absolute atomic E-state index is 12.9. The van der Waals surface area contributed by atoms with Crippen LogP contribution in [0.15, 0.2) is 29.2 Å². The van der Waals surface area contributed by atoms with Gasteiger partial charge >= 0.3 is 6.03 Å². The number of nitrogens with one attached hydrogen (secondary N) is 1. The Balaban J connectivity index is 1.54. The van der Waals surface area contributed by atoms with Crippen LogP contribution in [0, 0.1) is 5.92 Å². The number of rotatable bonds is 3. The molecule has 2 aliphatic heterocycles. The van der Waals surface area contributed by atoms with Crippen molar-refractivity contribution in [2.45, 2.75) is 36.6 Å². The number of thioether (sulfide) groups is 1. The zero-order chi connectivity index (χ0) is 17.6. The van der Waals surface area contributed by atoms with Crippen molar-refractivity contribution < 1.29 is 14.4 Å². The predicted octanol–water partition coefficient (Wildman–Crippen LogP) is 2.24. The van der Waals surface area contributed by atoms with Crippen LogP contribution in [0.3, 0.4) is 0 Å². The number of amides is 4. The highest BCUT2D eigenvalue weighted by Gasteiger charge is 2.56. The Hall–Kier alpha value is -2.02. The zero-order valence-corrected chi connectivity index (χ0v) is 15.0. The third-order valence-corrected chi connectivity index (χ3v) is 6.38. The Bertz CT molecular complexity index is 749. The second-order valence-electron chi connectivity index (χ2n) is 7.01. The molecule has 6 nitrogen and oxygen atoms in total.